The van der Waals surface area contributed by atoms with E-state index in [-0.39, 0.29) is 28.2 Å². The largest absolute Gasteiger partial charge is 0.370 e. The molecule has 0 fully saturated rings. The summed E-state index contributed by atoms with van der Waals surface area (Å²) in [5.41, 5.74) is 9.67. The van der Waals surface area contributed by atoms with Gasteiger partial charge in [-0.2, -0.15) is 0 Å². The zero-order valence-corrected chi connectivity index (χ0v) is 17.5. The Labute approximate surface area is 168 Å². The number of nitrogens with zero attached hydrogens (tertiary/aromatic N) is 1. The predicted octanol–water partition coefficient (Wildman–Crippen LogP) is 2.82. The number of aliphatic imine (C=N–C) groups is 1. The van der Waals surface area contributed by atoms with Crippen LogP contribution in [0.1, 0.15) is 28.8 Å². The van der Waals surface area contributed by atoms with E-state index < -0.39 is 10.0 Å². The molecule has 0 radical (unpaired) electrons. The van der Waals surface area contributed by atoms with Crippen LogP contribution in [-0.2, 0) is 29.4 Å². The molecular formula is C16H21IN4O2S2. The smallest absolute Gasteiger partial charge is 0.247 e. The molecule has 1 aromatic heterocycles. The first kappa shape index (κ1) is 20.1. The number of rotatable bonds is 4. The van der Waals surface area contributed by atoms with Crippen LogP contribution in [0.5, 0.6) is 0 Å². The van der Waals surface area contributed by atoms with E-state index in [1.165, 1.54) is 30.0 Å². The van der Waals surface area contributed by atoms with Crippen LogP contribution >= 0.6 is 35.3 Å². The van der Waals surface area contributed by atoms with Gasteiger partial charge in [0.1, 0.15) is 4.21 Å². The van der Waals surface area contributed by atoms with Gasteiger partial charge in [-0.1, -0.05) is 12.1 Å². The van der Waals surface area contributed by atoms with Crippen LogP contribution in [0.4, 0.5) is 5.69 Å². The highest BCUT2D eigenvalue weighted by molar-refractivity contribution is 14.0. The zero-order chi connectivity index (χ0) is 17.2. The predicted molar refractivity (Wildman–Crippen MR) is 113 cm³/mol. The van der Waals surface area contributed by atoms with Crippen molar-refractivity contribution >= 4 is 57.0 Å². The summed E-state index contributed by atoms with van der Waals surface area (Å²) in [6, 6.07) is 9.38. The summed E-state index contributed by atoms with van der Waals surface area (Å²) in [5, 5.41) is 8.27. The Kier molecular flexibility index (Phi) is 6.83. The van der Waals surface area contributed by atoms with Gasteiger partial charge in [-0.25, -0.2) is 18.5 Å². The van der Waals surface area contributed by atoms with E-state index in [1.807, 2.05) is 12.1 Å². The molecule has 0 spiro atoms. The lowest BCUT2D eigenvalue weighted by Gasteiger charge is -2.19. The Morgan fingerprint density at radius 3 is 2.68 bits per heavy atom. The minimum absolute atomic E-state index is 0. The lowest BCUT2D eigenvalue weighted by Crippen LogP contribution is -2.24. The first-order valence-electron chi connectivity index (χ1n) is 7.73. The fourth-order valence-corrected chi connectivity index (χ4v) is 4.54. The maximum Gasteiger partial charge on any atom is 0.247 e. The lowest BCUT2D eigenvalue weighted by molar-refractivity contribution is 0.600. The molecule has 6 nitrogen and oxygen atoms in total. The second-order valence-electron chi connectivity index (χ2n) is 5.74. The Morgan fingerprint density at radius 2 is 1.96 bits per heavy atom. The number of primary sulfonamides is 1. The van der Waals surface area contributed by atoms with E-state index in [0.29, 0.717) is 12.5 Å². The summed E-state index contributed by atoms with van der Waals surface area (Å²) in [4.78, 5) is 5.08. The molecule has 1 heterocycles. The van der Waals surface area contributed by atoms with E-state index in [2.05, 4.69) is 16.4 Å². The van der Waals surface area contributed by atoms with Crippen LogP contribution < -0.4 is 16.2 Å². The summed E-state index contributed by atoms with van der Waals surface area (Å²) >= 11 is 1.11. The number of hydrogen-bond donors (Lipinski definition) is 3. The molecule has 25 heavy (non-hydrogen) atoms. The van der Waals surface area contributed by atoms with E-state index in [1.54, 1.807) is 6.07 Å². The fourth-order valence-electron chi connectivity index (χ4n) is 2.84. The number of sulfonamides is 1. The SMILES string of the molecule is I.NC(=NCc1ccc(S(N)(=O)=O)s1)Nc1cccc2c1CCCC2. The summed E-state index contributed by atoms with van der Waals surface area (Å²) in [6.45, 7) is 0.314. The van der Waals surface area contributed by atoms with Gasteiger partial charge >= 0.3 is 0 Å². The molecule has 3 rings (SSSR count). The third-order valence-corrected chi connectivity index (χ3v) is 6.49. The summed E-state index contributed by atoms with van der Waals surface area (Å²) < 4.78 is 22.7. The number of anilines is 1. The van der Waals surface area contributed by atoms with Gasteiger partial charge in [0.05, 0.1) is 6.54 Å². The van der Waals surface area contributed by atoms with E-state index in [0.717, 1.165) is 34.7 Å². The Hall–Kier alpha value is -1.17. The van der Waals surface area contributed by atoms with Gasteiger partial charge in [-0.15, -0.1) is 35.3 Å². The lowest BCUT2D eigenvalue weighted by atomic mass is 9.90. The molecule has 0 amide bonds. The number of nitrogens with one attached hydrogen (secondary N) is 1. The van der Waals surface area contributed by atoms with Gasteiger partial charge in [0.25, 0.3) is 0 Å². The van der Waals surface area contributed by atoms with Crippen LogP contribution in [0.2, 0.25) is 0 Å². The average molecular weight is 492 g/mol. The van der Waals surface area contributed by atoms with Crippen LogP contribution in [0.25, 0.3) is 0 Å². The second-order valence-corrected chi connectivity index (χ2v) is 8.70. The van der Waals surface area contributed by atoms with Crippen LogP contribution in [0.15, 0.2) is 39.5 Å². The molecule has 9 heteroatoms. The Balaban J connectivity index is 0.00000225. The number of fused-ring (bicyclic) bond motifs is 1. The van der Waals surface area contributed by atoms with Crippen LogP contribution in [0, 0.1) is 0 Å². The molecule has 0 unspecified atom stereocenters. The van der Waals surface area contributed by atoms with Crippen molar-refractivity contribution in [2.45, 2.75) is 36.4 Å². The van der Waals surface area contributed by atoms with Gasteiger partial charge in [0, 0.05) is 10.6 Å². The average Bonchev–Trinajstić information content (AvgIpc) is 3.03. The summed E-state index contributed by atoms with van der Waals surface area (Å²) in [6.07, 6.45) is 4.57. The number of nitrogens with two attached hydrogens (primary N) is 2. The van der Waals surface area contributed by atoms with Gasteiger partial charge in [-0.05, 0) is 55.0 Å². The van der Waals surface area contributed by atoms with Crippen LogP contribution in [-0.4, -0.2) is 14.4 Å². The number of hydrogen-bond acceptors (Lipinski definition) is 4. The summed E-state index contributed by atoms with van der Waals surface area (Å²) in [5.74, 6) is 0.319. The van der Waals surface area contributed by atoms with Crippen molar-refractivity contribution in [1.82, 2.24) is 0 Å². The molecule has 0 aliphatic heterocycles. The molecule has 2 aromatic rings. The van der Waals surface area contributed by atoms with E-state index in [9.17, 15) is 8.42 Å². The van der Waals surface area contributed by atoms with Crippen molar-refractivity contribution in [3.05, 3.63) is 46.3 Å². The third-order valence-electron chi connectivity index (χ3n) is 3.98. The highest BCUT2D eigenvalue weighted by Crippen LogP contribution is 2.27. The molecule has 0 saturated heterocycles. The normalized spacial score (nSPS) is 14.5. The zero-order valence-electron chi connectivity index (χ0n) is 13.6. The Bertz CT molecular complexity index is 878. The van der Waals surface area contributed by atoms with Crippen molar-refractivity contribution < 1.29 is 8.42 Å². The van der Waals surface area contributed by atoms with Crippen molar-refractivity contribution in [1.29, 1.82) is 0 Å². The molecule has 0 bridgehead atoms. The van der Waals surface area contributed by atoms with Crippen molar-refractivity contribution in [2.24, 2.45) is 15.9 Å². The third kappa shape index (κ3) is 5.16. The maximum atomic E-state index is 11.3. The quantitative estimate of drug-likeness (QED) is 0.346. The molecule has 0 saturated carbocycles. The van der Waals surface area contributed by atoms with Gasteiger partial charge in [0.15, 0.2) is 5.96 Å². The molecular weight excluding hydrogens is 471 g/mol. The maximum absolute atomic E-state index is 11.3. The van der Waals surface area contributed by atoms with E-state index in [4.69, 9.17) is 10.9 Å². The molecule has 5 N–H and O–H groups in total. The monoisotopic (exact) mass is 492 g/mol. The molecule has 1 aliphatic carbocycles. The number of halogens is 1. The highest BCUT2D eigenvalue weighted by atomic mass is 127. The minimum atomic E-state index is -3.66. The molecule has 1 aromatic carbocycles. The van der Waals surface area contributed by atoms with Crippen molar-refractivity contribution in [3.63, 3.8) is 0 Å². The molecule has 136 valence electrons. The number of guanidine groups is 1. The molecule has 1 aliphatic rings. The summed E-state index contributed by atoms with van der Waals surface area (Å²) in [7, 11) is -3.66. The van der Waals surface area contributed by atoms with Crippen molar-refractivity contribution in [3.8, 4) is 0 Å². The van der Waals surface area contributed by atoms with Crippen molar-refractivity contribution in [2.75, 3.05) is 5.32 Å². The standard InChI is InChI=1S/C16H20N4O2S2.HI/c17-16(19-10-12-8-9-15(23-12)24(18,21)22)20-14-7-3-5-11-4-1-2-6-13(11)14;/h3,5,7-9H,1-2,4,6,10H2,(H3,17,19,20)(H2,18,21,22);1H. The molecule has 0 atom stereocenters. The van der Waals surface area contributed by atoms with Gasteiger partial charge in [0.2, 0.25) is 10.0 Å². The number of benzene rings is 1. The highest BCUT2D eigenvalue weighted by Gasteiger charge is 2.13. The fraction of sp³-hybridized carbons (Fsp3) is 0.312. The topological polar surface area (TPSA) is 111 Å². The van der Waals surface area contributed by atoms with Crippen LogP contribution in [0.3, 0.4) is 0 Å². The van der Waals surface area contributed by atoms with Gasteiger partial charge < -0.3 is 11.1 Å². The second kappa shape index (κ2) is 8.47. The van der Waals surface area contributed by atoms with Gasteiger partial charge in [-0.3, -0.25) is 0 Å². The number of aryl methyl sites for hydroxylation is 1. The first-order chi connectivity index (χ1) is 11.4. The first-order valence-corrected chi connectivity index (χ1v) is 10.1. The number of thiophene rings is 1. The minimum Gasteiger partial charge on any atom is -0.370 e. The Morgan fingerprint density at radius 1 is 1.20 bits per heavy atom. The van der Waals surface area contributed by atoms with E-state index >= 15 is 0 Å².